The molecule has 1 unspecified atom stereocenters. The van der Waals surface area contributed by atoms with Crippen LogP contribution in [0.5, 0.6) is 0 Å². The summed E-state index contributed by atoms with van der Waals surface area (Å²) in [6.45, 7) is 2.32. The van der Waals surface area contributed by atoms with Crippen molar-refractivity contribution in [2.24, 2.45) is 0 Å². The van der Waals surface area contributed by atoms with Crippen LogP contribution < -0.4 is 0 Å². The van der Waals surface area contributed by atoms with Crippen molar-refractivity contribution in [2.75, 3.05) is 0 Å². The maximum absolute atomic E-state index is 12.8. The first kappa shape index (κ1) is 11.6. The summed E-state index contributed by atoms with van der Waals surface area (Å²) in [5, 5.41) is 8.72. The third-order valence-electron chi connectivity index (χ3n) is 2.29. The zero-order valence-corrected chi connectivity index (χ0v) is 8.50. The minimum Gasteiger partial charge on any atom is -0.481 e. The van der Waals surface area contributed by atoms with E-state index in [1.165, 1.54) is 31.2 Å². The first-order chi connectivity index (χ1) is 6.82. The van der Waals surface area contributed by atoms with Crippen molar-refractivity contribution in [2.45, 2.75) is 25.7 Å². The van der Waals surface area contributed by atoms with Crippen molar-refractivity contribution in [3.05, 3.63) is 35.4 Å². The smallest absolute Gasteiger partial charge is 0.310 e. The molecule has 15 heavy (non-hydrogen) atoms. The van der Waals surface area contributed by atoms with E-state index in [1.807, 2.05) is 0 Å². The molecule has 2 nitrogen and oxygen atoms in total. The van der Waals surface area contributed by atoms with Crippen molar-refractivity contribution in [1.82, 2.24) is 0 Å². The van der Waals surface area contributed by atoms with E-state index in [9.17, 15) is 13.6 Å². The van der Waals surface area contributed by atoms with Crippen LogP contribution in [0.3, 0.4) is 0 Å². The van der Waals surface area contributed by atoms with Gasteiger partial charge in [0.15, 0.2) is 0 Å². The predicted octanol–water partition coefficient (Wildman–Crippen LogP) is 2.99. The van der Waals surface area contributed by atoms with E-state index in [4.69, 9.17) is 5.11 Å². The summed E-state index contributed by atoms with van der Waals surface area (Å²) in [6.07, 6.45) is 0. The van der Waals surface area contributed by atoms with E-state index in [-0.39, 0.29) is 5.56 Å². The Morgan fingerprint density at radius 3 is 2.13 bits per heavy atom. The zero-order chi connectivity index (χ0) is 11.6. The van der Waals surface area contributed by atoms with Gasteiger partial charge < -0.3 is 5.11 Å². The molecule has 0 radical (unpaired) electrons. The molecule has 0 amide bonds. The lowest BCUT2D eigenvalue weighted by Crippen LogP contribution is -2.09. The van der Waals surface area contributed by atoms with Crippen molar-refractivity contribution >= 4 is 5.97 Å². The largest absolute Gasteiger partial charge is 0.481 e. The molecule has 0 fully saturated rings. The van der Waals surface area contributed by atoms with Crippen LogP contribution in [-0.2, 0) is 10.7 Å². The molecule has 4 heteroatoms. The monoisotopic (exact) mass is 214 g/mol. The van der Waals surface area contributed by atoms with Gasteiger partial charge in [0.05, 0.1) is 5.92 Å². The molecule has 1 aromatic carbocycles. The molecule has 0 spiro atoms. The van der Waals surface area contributed by atoms with E-state index in [1.54, 1.807) is 0 Å². The Morgan fingerprint density at radius 1 is 1.33 bits per heavy atom. The first-order valence-corrected chi connectivity index (χ1v) is 4.53. The lowest BCUT2D eigenvalue weighted by atomic mass is 9.99. The maximum atomic E-state index is 12.8. The van der Waals surface area contributed by atoms with Gasteiger partial charge in [-0.05, 0) is 12.5 Å². The molecule has 0 aliphatic rings. The molecule has 0 saturated heterocycles. The van der Waals surface area contributed by atoms with Crippen molar-refractivity contribution in [3.8, 4) is 0 Å². The van der Waals surface area contributed by atoms with Gasteiger partial charge in [-0.15, -0.1) is 0 Å². The second-order valence-electron chi connectivity index (χ2n) is 3.57. The number of aliphatic carboxylic acids is 1. The summed E-state index contributed by atoms with van der Waals surface area (Å²) in [4.78, 5) is 10.6. The highest BCUT2D eigenvalue weighted by molar-refractivity contribution is 5.75. The number of hydrogen-bond acceptors (Lipinski definition) is 1. The summed E-state index contributed by atoms with van der Waals surface area (Å²) >= 11 is 0. The van der Waals surface area contributed by atoms with E-state index in [2.05, 4.69) is 0 Å². The fraction of sp³-hybridized carbons (Fsp3) is 0.364. The summed E-state index contributed by atoms with van der Waals surface area (Å²) in [5.74, 6) is -4.53. The van der Waals surface area contributed by atoms with Gasteiger partial charge in [-0.25, -0.2) is 8.78 Å². The van der Waals surface area contributed by atoms with Crippen LogP contribution in [0.15, 0.2) is 24.3 Å². The lowest BCUT2D eigenvalue weighted by molar-refractivity contribution is -0.138. The van der Waals surface area contributed by atoms with Gasteiger partial charge in [0, 0.05) is 12.5 Å². The first-order valence-electron chi connectivity index (χ1n) is 4.53. The molecule has 82 valence electrons. The van der Waals surface area contributed by atoms with E-state index >= 15 is 0 Å². The topological polar surface area (TPSA) is 37.3 Å². The third-order valence-corrected chi connectivity index (χ3v) is 2.29. The van der Waals surface area contributed by atoms with Crippen LogP contribution in [0.2, 0.25) is 0 Å². The SMILES string of the molecule is CC(C(=O)O)c1ccc(C(C)(F)F)cc1. The van der Waals surface area contributed by atoms with E-state index < -0.39 is 17.8 Å². The minimum absolute atomic E-state index is 0.108. The van der Waals surface area contributed by atoms with Gasteiger partial charge in [-0.1, -0.05) is 24.3 Å². The summed E-state index contributed by atoms with van der Waals surface area (Å²) < 4.78 is 25.7. The fourth-order valence-electron chi connectivity index (χ4n) is 1.21. The Balaban J connectivity index is 2.95. The van der Waals surface area contributed by atoms with Gasteiger partial charge in [0.1, 0.15) is 0 Å². The lowest BCUT2D eigenvalue weighted by Gasteiger charge is -2.12. The normalized spacial score (nSPS) is 13.6. The minimum atomic E-state index is -2.88. The highest BCUT2D eigenvalue weighted by Crippen LogP contribution is 2.28. The Bertz CT molecular complexity index is 352. The summed E-state index contributed by atoms with van der Waals surface area (Å²) in [7, 11) is 0. The second-order valence-corrected chi connectivity index (χ2v) is 3.57. The zero-order valence-electron chi connectivity index (χ0n) is 8.50. The summed E-state index contributed by atoms with van der Waals surface area (Å²) in [5.41, 5.74) is 0.416. The Morgan fingerprint density at radius 2 is 1.80 bits per heavy atom. The molecule has 0 aliphatic heterocycles. The standard InChI is InChI=1S/C11H12F2O2/c1-7(10(14)15)8-3-5-9(6-4-8)11(2,12)13/h3-7H,1-2H3,(H,14,15). The molecule has 0 bridgehead atoms. The fourth-order valence-corrected chi connectivity index (χ4v) is 1.21. The van der Waals surface area contributed by atoms with Crippen LogP contribution in [0.25, 0.3) is 0 Å². The number of benzene rings is 1. The third kappa shape index (κ3) is 2.75. The Labute approximate surface area is 86.5 Å². The van der Waals surface area contributed by atoms with Crippen LogP contribution >= 0.6 is 0 Å². The Hall–Kier alpha value is -1.45. The predicted molar refractivity (Wildman–Crippen MR) is 52.1 cm³/mol. The van der Waals surface area contributed by atoms with Gasteiger partial charge in [-0.3, -0.25) is 4.79 Å². The van der Waals surface area contributed by atoms with Crippen LogP contribution in [0.4, 0.5) is 8.78 Å². The summed E-state index contributed by atoms with van der Waals surface area (Å²) in [6, 6.07) is 5.36. The molecule has 1 atom stereocenters. The number of carboxylic acid groups (broad SMARTS) is 1. The van der Waals surface area contributed by atoms with E-state index in [0.29, 0.717) is 5.56 Å². The molecule has 0 saturated carbocycles. The number of rotatable bonds is 3. The molecule has 1 N–H and O–H groups in total. The second kappa shape index (κ2) is 3.96. The van der Waals surface area contributed by atoms with Gasteiger partial charge >= 0.3 is 5.97 Å². The van der Waals surface area contributed by atoms with Crippen LogP contribution in [0, 0.1) is 0 Å². The average Bonchev–Trinajstić information content (AvgIpc) is 2.15. The molecular weight excluding hydrogens is 202 g/mol. The van der Waals surface area contributed by atoms with Crippen LogP contribution in [-0.4, -0.2) is 11.1 Å². The maximum Gasteiger partial charge on any atom is 0.310 e. The average molecular weight is 214 g/mol. The molecular formula is C11H12F2O2. The number of halogens is 2. The molecule has 0 heterocycles. The van der Waals surface area contributed by atoms with E-state index in [0.717, 1.165) is 6.92 Å². The number of alkyl halides is 2. The highest BCUT2D eigenvalue weighted by Gasteiger charge is 2.24. The van der Waals surface area contributed by atoms with Crippen LogP contribution in [0.1, 0.15) is 30.9 Å². The van der Waals surface area contributed by atoms with Gasteiger partial charge in [0.25, 0.3) is 5.92 Å². The highest BCUT2D eigenvalue weighted by atomic mass is 19.3. The number of hydrogen-bond donors (Lipinski definition) is 1. The quantitative estimate of drug-likeness (QED) is 0.839. The van der Waals surface area contributed by atoms with Crippen molar-refractivity contribution < 1.29 is 18.7 Å². The number of carbonyl (C=O) groups is 1. The Kier molecular flexibility index (Phi) is 3.07. The molecule has 1 rings (SSSR count). The van der Waals surface area contributed by atoms with Crippen molar-refractivity contribution in [1.29, 1.82) is 0 Å². The van der Waals surface area contributed by atoms with Gasteiger partial charge in [-0.2, -0.15) is 0 Å². The molecule has 0 aromatic heterocycles. The van der Waals surface area contributed by atoms with Crippen molar-refractivity contribution in [3.63, 3.8) is 0 Å². The van der Waals surface area contributed by atoms with Gasteiger partial charge in [0.2, 0.25) is 0 Å². The molecule has 1 aromatic rings. The molecule has 0 aliphatic carbocycles. The number of carboxylic acids is 1.